The predicted octanol–water partition coefficient (Wildman–Crippen LogP) is 1.36. The fourth-order valence-electron chi connectivity index (χ4n) is 4.95. The summed E-state index contributed by atoms with van der Waals surface area (Å²) < 4.78 is 10.9. The van der Waals surface area contributed by atoms with Crippen LogP contribution in [0.1, 0.15) is 47.5 Å². The Hall–Kier alpha value is -2.02. The quantitative estimate of drug-likeness (QED) is 0.591. The first-order chi connectivity index (χ1) is 11.9. The molecule has 0 aromatic heterocycles. The summed E-state index contributed by atoms with van der Waals surface area (Å²) in [5.41, 5.74) is -4.14. The van der Waals surface area contributed by atoms with Gasteiger partial charge in [-0.15, -0.1) is 0 Å². The Morgan fingerprint density at radius 1 is 1.15 bits per heavy atom. The molecule has 0 radical (unpaired) electrons. The molecule has 0 aliphatic heterocycles. The zero-order valence-corrected chi connectivity index (χ0v) is 15.8. The predicted molar refractivity (Wildman–Crippen MR) is 90.9 cm³/mol. The summed E-state index contributed by atoms with van der Waals surface area (Å²) in [5, 5.41) is 11.3. The second-order valence-electron chi connectivity index (χ2n) is 8.08. The lowest BCUT2D eigenvalue weighted by Crippen LogP contribution is -2.69. The lowest BCUT2D eigenvalue weighted by molar-refractivity contribution is -0.227. The van der Waals surface area contributed by atoms with Gasteiger partial charge < -0.3 is 14.6 Å². The average molecular weight is 366 g/mol. The summed E-state index contributed by atoms with van der Waals surface area (Å²) in [6.45, 7) is 8.02. The summed E-state index contributed by atoms with van der Waals surface area (Å²) in [5.74, 6) is -1.63. The van der Waals surface area contributed by atoms with Gasteiger partial charge in [0.15, 0.2) is 11.9 Å². The van der Waals surface area contributed by atoms with Crippen LogP contribution in [0.4, 0.5) is 0 Å². The van der Waals surface area contributed by atoms with Crippen LogP contribution in [0, 0.1) is 16.7 Å². The van der Waals surface area contributed by atoms with E-state index in [4.69, 9.17) is 9.47 Å². The molecule has 0 amide bonds. The number of carbonyl (C=O) groups is 4. The van der Waals surface area contributed by atoms with Crippen LogP contribution in [0.5, 0.6) is 0 Å². The maximum absolute atomic E-state index is 12.0. The van der Waals surface area contributed by atoms with E-state index in [0.29, 0.717) is 25.4 Å². The number of ether oxygens (including phenoxy) is 2. The molecule has 1 N–H and O–H groups in total. The van der Waals surface area contributed by atoms with Crippen molar-refractivity contribution >= 4 is 24.5 Å². The molecule has 0 bridgehead atoms. The molecular formula is C19H26O7. The third-order valence-corrected chi connectivity index (χ3v) is 6.05. The molecule has 0 aromatic rings. The van der Waals surface area contributed by atoms with Gasteiger partial charge in [-0.1, -0.05) is 20.8 Å². The maximum atomic E-state index is 12.0. The Bertz CT molecular complexity index is 665. The molecule has 5 atom stereocenters. The molecule has 0 spiro atoms. The highest BCUT2D eigenvalue weighted by molar-refractivity contribution is 5.88. The van der Waals surface area contributed by atoms with E-state index in [2.05, 4.69) is 0 Å². The fraction of sp³-hybridized carbons (Fsp3) is 0.684. The minimum absolute atomic E-state index is 0.188. The van der Waals surface area contributed by atoms with Crippen LogP contribution in [0.2, 0.25) is 0 Å². The highest BCUT2D eigenvalue weighted by Gasteiger charge is 2.68. The molecule has 7 nitrogen and oxygen atoms in total. The average Bonchev–Trinajstić information content (AvgIpc) is 2.52. The zero-order valence-electron chi connectivity index (χ0n) is 15.8. The van der Waals surface area contributed by atoms with E-state index in [1.54, 1.807) is 6.92 Å². The van der Waals surface area contributed by atoms with Gasteiger partial charge in [0.05, 0.1) is 5.41 Å². The monoisotopic (exact) mass is 366 g/mol. The van der Waals surface area contributed by atoms with Crippen molar-refractivity contribution in [1.82, 2.24) is 0 Å². The summed E-state index contributed by atoms with van der Waals surface area (Å²) in [4.78, 5) is 46.9. The van der Waals surface area contributed by atoms with Crippen molar-refractivity contribution < 1.29 is 33.8 Å². The van der Waals surface area contributed by atoms with Crippen molar-refractivity contribution in [3.05, 3.63) is 11.6 Å². The molecule has 0 heterocycles. The van der Waals surface area contributed by atoms with E-state index < -0.39 is 46.5 Å². The zero-order chi connectivity index (χ0) is 19.9. The minimum atomic E-state index is -2.16. The van der Waals surface area contributed by atoms with E-state index in [1.807, 2.05) is 13.8 Å². The molecule has 7 heteroatoms. The molecule has 1 fully saturated rings. The number of rotatable bonds is 4. The molecule has 144 valence electrons. The van der Waals surface area contributed by atoms with Crippen molar-refractivity contribution in [1.29, 1.82) is 0 Å². The second kappa shape index (κ2) is 6.61. The van der Waals surface area contributed by atoms with E-state index in [-0.39, 0.29) is 5.57 Å². The molecule has 26 heavy (non-hydrogen) atoms. The van der Waals surface area contributed by atoms with Gasteiger partial charge in [0, 0.05) is 25.3 Å². The minimum Gasteiger partial charge on any atom is -0.462 e. The van der Waals surface area contributed by atoms with E-state index in [1.165, 1.54) is 19.9 Å². The molecular weight excluding hydrogens is 340 g/mol. The van der Waals surface area contributed by atoms with Crippen LogP contribution >= 0.6 is 0 Å². The van der Waals surface area contributed by atoms with Crippen molar-refractivity contribution in [3.8, 4) is 0 Å². The number of esters is 2. The largest absolute Gasteiger partial charge is 0.462 e. The topological polar surface area (TPSA) is 107 Å². The first-order valence-corrected chi connectivity index (χ1v) is 8.64. The van der Waals surface area contributed by atoms with Crippen LogP contribution in [-0.4, -0.2) is 47.4 Å². The Morgan fingerprint density at radius 2 is 1.73 bits per heavy atom. The van der Waals surface area contributed by atoms with E-state index in [0.717, 1.165) is 0 Å². The normalized spacial score (nSPS) is 38.4. The first-order valence-electron chi connectivity index (χ1n) is 8.64. The molecule has 0 aromatic carbocycles. The van der Waals surface area contributed by atoms with Gasteiger partial charge in [-0.3, -0.25) is 19.2 Å². The molecule has 2 aliphatic rings. The summed E-state index contributed by atoms with van der Waals surface area (Å²) in [6, 6.07) is 0. The van der Waals surface area contributed by atoms with Crippen LogP contribution in [0.3, 0.4) is 0 Å². The summed E-state index contributed by atoms with van der Waals surface area (Å²) >= 11 is 0. The Balaban J connectivity index is 2.76. The van der Waals surface area contributed by atoms with Crippen molar-refractivity contribution in [2.45, 2.75) is 65.3 Å². The standard InChI is InChI=1S/C19H26O7/c1-11(22)25-14-8-13(9-20)19(24,10-21)18(5)15(26-12(2)23)6-7-17(3,4)16(14)18/h8-10,14-16,24H,6-7H2,1-5H3. The SMILES string of the molecule is CC(=O)OC1C=C(C=O)C(O)(C=O)C2(C)C(OC(C)=O)CCC(C)(C)C12. The molecule has 5 unspecified atom stereocenters. The Labute approximate surface area is 152 Å². The Morgan fingerprint density at radius 3 is 2.19 bits per heavy atom. The number of carbonyl (C=O) groups excluding carboxylic acids is 4. The third kappa shape index (κ3) is 2.88. The summed E-state index contributed by atoms with van der Waals surface area (Å²) in [7, 11) is 0. The number of hydrogen-bond acceptors (Lipinski definition) is 7. The van der Waals surface area contributed by atoms with Gasteiger partial charge in [0.25, 0.3) is 0 Å². The van der Waals surface area contributed by atoms with Gasteiger partial charge in [-0.05, 0) is 24.3 Å². The van der Waals surface area contributed by atoms with Gasteiger partial charge >= 0.3 is 11.9 Å². The number of aliphatic hydroxyl groups is 1. The lowest BCUT2D eigenvalue weighted by Gasteiger charge is -2.61. The van der Waals surface area contributed by atoms with Crippen LogP contribution in [-0.2, 0) is 28.7 Å². The molecule has 0 saturated heterocycles. The highest BCUT2D eigenvalue weighted by atomic mass is 16.6. The number of fused-ring (bicyclic) bond motifs is 1. The smallest absolute Gasteiger partial charge is 0.303 e. The van der Waals surface area contributed by atoms with Gasteiger partial charge in [-0.2, -0.15) is 0 Å². The van der Waals surface area contributed by atoms with E-state index >= 15 is 0 Å². The van der Waals surface area contributed by atoms with Crippen LogP contribution in [0.25, 0.3) is 0 Å². The summed E-state index contributed by atoms with van der Waals surface area (Å²) in [6.07, 6.45) is 1.45. The second-order valence-corrected chi connectivity index (χ2v) is 8.08. The highest BCUT2D eigenvalue weighted by Crippen LogP contribution is 2.61. The maximum Gasteiger partial charge on any atom is 0.303 e. The number of hydrogen-bond donors (Lipinski definition) is 1. The fourth-order valence-corrected chi connectivity index (χ4v) is 4.95. The van der Waals surface area contributed by atoms with Crippen molar-refractivity contribution in [3.63, 3.8) is 0 Å². The van der Waals surface area contributed by atoms with E-state index in [9.17, 15) is 24.3 Å². The molecule has 2 aliphatic carbocycles. The van der Waals surface area contributed by atoms with Gasteiger partial charge in [0.2, 0.25) is 0 Å². The van der Waals surface area contributed by atoms with Crippen molar-refractivity contribution in [2.75, 3.05) is 0 Å². The van der Waals surface area contributed by atoms with Crippen molar-refractivity contribution in [2.24, 2.45) is 16.7 Å². The molecule has 1 saturated carbocycles. The first kappa shape index (κ1) is 20.3. The number of aldehydes is 2. The lowest BCUT2D eigenvalue weighted by atomic mass is 9.45. The van der Waals surface area contributed by atoms with Crippen LogP contribution in [0.15, 0.2) is 11.6 Å². The van der Waals surface area contributed by atoms with Gasteiger partial charge in [-0.25, -0.2) is 0 Å². The van der Waals surface area contributed by atoms with Crippen LogP contribution < -0.4 is 0 Å². The molecule has 2 rings (SSSR count). The Kier molecular flexibility index (Phi) is 5.16. The van der Waals surface area contributed by atoms with Gasteiger partial charge in [0.1, 0.15) is 18.5 Å². The third-order valence-electron chi connectivity index (χ3n) is 6.05.